The van der Waals surface area contributed by atoms with Crippen LogP contribution in [0, 0.1) is 0 Å². The number of benzene rings is 2. The number of ether oxygens (including phenoxy) is 1. The minimum atomic E-state index is 0.484. The molecule has 0 unspecified atom stereocenters. The molecule has 38 heavy (non-hydrogen) atoms. The van der Waals surface area contributed by atoms with Gasteiger partial charge in [0.05, 0.1) is 17.2 Å². The lowest BCUT2D eigenvalue weighted by Gasteiger charge is -2.08. The topological polar surface area (TPSA) is 105 Å². The Bertz CT molecular complexity index is 1880. The molecule has 8 nitrogen and oxygen atoms in total. The highest BCUT2D eigenvalue weighted by molar-refractivity contribution is 5.97. The molecule has 5 heterocycles. The summed E-state index contributed by atoms with van der Waals surface area (Å²) in [6.07, 6.45) is 8.92. The van der Waals surface area contributed by atoms with Gasteiger partial charge in [-0.2, -0.15) is 5.10 Å². The molecule has 0 spiro atoms. The Balaban J connectivity index is 1.24. The Morgan fingerprint density at radius 2 is 1.68 bits per heavy atom. The van der Waals surface area contributed by atoms with Crippen molar-refractivity contribution in [2.75, 3.05) is 0 Å². The Kier molecular flexibility index (Phi) is 5.33. The molecule has 5 aromatic heterocycles. The van der Waals surface area contributed by atoms with Crippen LogP contribution in [0.15, 0.2) is 104 Å². The van der Waals surface area contributed by atoms with Crippen LogP contribution in [0.1, 0.15) is 5.56 Å². The molecule has 0 saturated heterocycles. The quantitative estimate of drug-likeness (QED) is 0.284. The molecule has 0 saturated carbocycles. The van der Waals surface area contributed by atoms with E-state index in [1.165, 1.54) is 0 Å². The molecule has 7 aromatic rings. The predicted molar refractivity (Wildman–Crippen MR) is 146 cm³/mol. The second-order valence-electron chi connectivity index (χ2n) is 8.90. The fraction of sp³-hybridized carbons (Fsp3) is 0.0333. The second-order valence-corrected chi connectivity index (χ2v) is 8.90. The number of nitrogens with one attached hydrogen (secondary N) is 2. The lowest BCUT2D eigenvalue weighted by Crippen LogP contribution is -1.95. The number of nitrogens with zero attached hydrogens (tertiary/aromatic N) is 5. The third-order valence-corrected chi connectivity index (χ3v) is 6.45. The molecule has 182 valence electrons. The van der Waals surface area contributed by atoms with Crippen LogP contribution in [0.25, 0.3) is 55.8 Å². The van der Waals surface area contributed by atoms with Gasteiger partial charge in [-0.15, -0.1) is 0 Å². The van der Waals surface area contributed by atoms with Gasteiger partial charge in [0.2, 0.25) is 0 Å². The average Bonchev–Trinajstić information content (AvgIpc) is 3.61. The molecule has 0 fully saturated rings. The van der Waals surface area contributed by atoms with Crippen LogP contribution in [-0.4, -0.2) is 35.1 Å². The number of aromatic amines is 2. The van der Waals surface area contributed by atoms with E-state index in [1.807, 2.05) is 79.1 Å². The van der Waals surface area contributed by atoms with E-state index in [0.717, 1.165) is 49.9 Å². The molecular formula is C30H21N7O. The summed E-state index contributed by atoms with van der Waals surface area (Å²) in [7, 11) is 0. The van der Waals surface area contributed by atoms with Gasteiger partial charge in [-0.05, 0) is 41.5 Å². The SMILES string of the molecule is c1ccc(COc2cncc(-c3ccc4[nH]nc(-c5nc6nccc(-c7cccnc7)c6[nH]5)c4c3)c2)cc1. The molecule has 0 amide bonds. The molecule has 2 N–H and O–H groups in total. The highest BCUT2D eigenvalue weighted by Crippen LogP contribution is 2.33. The Morgan fingerprint density at radius 3 is 2.58 bits per heavy atom. The molecule has 2 aromatic carbocycles. The van der Waals surface area contributed by atoms with Crippen molar-refractivity contribution in [3.63, 3.8) is 0 Å². The smallest absolute Gasteiger partial charge is 0.178 e. The van der Waals surface area contributed by atoms with Crippen molar-refractivity contribution in [2.24, 2.45) is 0 Å². The number of hydrogen-bond donors (Lipinski definition) is 2. The average molecular weight is 496 g/mol. The van der Waals surface area contributed by atoms with Crippen LogP contribution in [0.2, 0.25) is 0 Å². The minimum Gasteiger partial charge on any atom is -0.487 e. The van der Waals surface area contributed by atoms with Gasteiger partial charge in [0.15, 0.2) is 11.5 Å². The van der Waals surface area contributed by atoms with Gasteiger partial charge >= 0.3 is 0 Å². The van der Waals surface area contributed by atoms with E-state index >= 15 is 0 Å². The summed E-state index contributed by atoms with van der Waals surface area (Å²) < 4.78 is 5.99. The first-order valence-electron chi connectivity index (χ1n) is 12.2. The zero-order valence-corrected chi connectivity index (χ0v) is 20.2. The van der Waals surface area contributed by atoms with Crippen LogP contribution >= 0.6 is 0 Å². The molecule has 8 heteroatoms. The zero-order valence-electron chi connectivity index (χ0n) is 20.2. The van der Waals surface area contributed by atoms with E-state index in [9.17, 15) is 0 Å². The summed E-state index contributed by atoms with van der Waals surface area (Å²) in [5, 5.41) is 8.65. The number of H-pyrrole nitrogens is 2. The van der Waals surface area contributed by atoms with Crippen molar-refractivity contribution < 1.29 is 4.74 Å². The van der Waals surface area contributed by atoms with Crippen LogP contribution in [0.4, 0.5) is 0 Å². The summed E-state index contributed by atoms with van der Waals surface area (Å²) in [5.41, 5.74) is 8.14. The van der Waals surface area contributed by atoms with Crippen molar-refractivity contribution in [3.05, 3.63) is 109 Å². The molecule has 7 rings (SSSR count). The number of imidazole rings is 1. The van der Waals surface area contributed by atoms with Crippen molar-refractivity contribution in [1.29, 1.82) is 0 Å². The molecule has 0 aliphatic heterocycles. The number of rotatable bonds is 6. The van der Waals surface area contributed by atoms with Crippen LogP contribution in [0.3, 0.4) is 0 Å². The summed E-state index contributed by atoms with van der Waals surface area (Å²) in [6.45, 7) is 0.484. The Hall–Kier alpha value is -5.37. The summed E-state index contributed by atoms with van der Waals surface area (Å²) in [5.74, 6) is 1.36. The molecule has 0 bridgehead atoms. The number of pyridine rings is 3. The van der Waals surface area contributed by atoms with Gasteiger partial charge in [-0.3, -0.25) is 15.1 Å². The third kappa shape index (κ3) is 4.04. The van der Waals surface area contributed by atoms with Crippen LogP contribution < -0.4 is 4.74 Å². The third-order valence-electron chi connectivity index (χ3n) is 6.45. The molecule has 0 radical (unpaired) electrons. The van der Waals surface area contributed by atoms with Gasteiger partial charge in [-0.25, -0.2) is 9.97 Å². The Labute approximate surface area is 217 Å². The highest BCUT2D eigenvalue weighted by atomic mass is 16.5. The van der Waals surface area contributed by atoms with Crippen molar-refractivity contribution >= 4 is 22.1 Å². The maximum atomic E-state index is 5.99. The molecule has 0 aliphatic rings. The summed E-state index contributed by atoms with van der Waals surface area (Å²) >= 11 is 0. The van der Waals surface area contributed by atoms with Gasteiger partial charge in [0, 0.05) is 46.9 Å². The van der Waals surface area contributed by atoms with Crippen molar-refractivity contribution in [2.45, 2.75) is 6.61 Å². The summed E-state index contributed by atoms with van der Waals surface area (Å²) in [6, 6.07) is 24.1. The maximum Gasteiger partial charge on any atom is 0.178 e. The van der Waals surface area contributed by atoms with Crippen LogP contribution in [0.5, 0.6) is 5.75 Å². The normalized spacial score (nSPS) is 11.3. The van der Waals surface area contributed by atoms with E-state index < -0.39 is 0 Å². The number of aromatic nitrogens is 7. The lowest BCUT2D eigenvalue weighted by molar-refractivity contribution is 0.305. The minimum absolute atomic E-state index is 0.484. The molecule has 0 atom stereocenters. The first kappa shape index (κ1) is 21.9. The highest BCUT2D eigenvalue weighted by Gasteiger charge is 2.16. The molecular weight excluding hydrogens is 474 g/mol. The lowest BCUT2D eigenvalue weighted by atomic mass is 10.0. The number of hydrogen-bond acceptors (Lipinski definition) is 6. The largest absolute Gasteiger partial charge is 0.487 e. The van der Waals surface area contributed by atoms with E-state index in [-0.39, 0.29) is 0 Å². The zero-order chi connectivity index (χ0) is 25.3. The van der Waals surface area contributed by atoms with Gasteiger partial charge in [0.1, 0.15) is 18.1 Å². The Morgan fingerprint density at radius 1 is 0.763 bits per heavy atom. The van der Waals surface area contributed by atoms with Crippen molar-refractivity contribution in [3.8, 4) is 39.5 Å². The maximum absolute atomic E-state index is 5.99. The number of fused-ring (bicyclic) bond motifs is 2. The summed E-state index contributed by atoms with van der Waals surface area (Å²) in [4.78, 5) is 21.3. The first-order chi connectivity index (χ1) is 18.8. The van der Waals surface area contributed by atoms with E-state index in [2.05, 4.69) is 36.2 Å². The van der Waals surface area contributed by atoms with Crippen molar-refractivity contribution in [1.82, 2.24) is 35.1 Å². The fourth-order valence-electron chi connectivity index (χ4n) is 4.56. The first-order valence-corrected chi connectivity index (χ1v) is 12.2. The van der Waals surface area contributed by atoms with Gasteiger partial charge < -0.3 is 9.72 Å². The molecule has 0 aliphatic carbocycles. The fourth-order valence-corrected chi connectivity index (χ4v) is 4.56. The monoisotopic (exact) mass is 495 g/mol. The van der Waals surface area contributed by atoms with Crippen LogP contribution in [-0.2, 0) is 6.61 Å². The second kappa shape index (κ2) is 9.25. The van der Waals surface area contributed by atoms with E-state index in [1.54, 1.807) is 18.6 Å². The van der Waals surface area contributed by atoms with Gasteiger partial charge in [-0.1, -0.05) is 42.5 Å². The standard InChI is InChI=1S/C30H21N7O/c1-2-5-19(6-3-1)18-38-23-13-22(16-32-17-23)20-8-9-26-25(14-20)28(37-36-26)30-34-27-24(10-12-33-29(27)35-30)21-7-4-11-31-15-21/h1-17H,18H2,(H,36,37)(H,33,34,35). The van der Waals surface area contributed by atoms with Gasteiger partial charge in [0.25, 0.3) is 0 Å². The van der Waals surface area contributed by atoms with E-state index in [0.29, 0.717) is 23.8 Å². The van der Waals surface area contributed by atoms with E-state index in [4.69, 9.17) is 9.72 Å². The predicted octanol–water partition coefficient (Wildman–Crippen LogP) is 6.20.